The van der Waals surface area contributed by atoms with Gasteiger partial charge < -0.3 is 10.4 Å². The molecular weight excluding hydrogens is 312 g/mol. The highest BCUT2D eigenvalue weighted by Gasteiger charge is 2.49. The molecule has 1 atom stereocenters. The lowest BCUT2D eigenvalue weighted by Gasteiger charge is -2.27. The second-order valence-corrected chi connectivity index (χ2v) is 7.15. The molecule has 2 aromatic carbocycles. The van der Waals surface area contributed by atoms with Crippen molar-refractivity contribution in [1.29, 1.82) is 5.26 Å². The first kappa shape index (κ1) is 15.9. The van der Waals surface area contributed by atoms with Gasteiger partial charge in [-0.2, -0.15) is 5.26 Å². The number of anilines is 1. The summed E-state index contributed by atoms with van der Waals surface area (Å²) >= 11 is 0. The fourth-order valence-corrected chi connectivity index (χ4v) is 4.30. The summed E-state index contributed by atoms with van der Waals surface area (Å²) in [5, 5.41) is 23.9. The molecule has 4 rings (SSSR count). The van der Waals surface area contributed by atoms with Crippen molar-refractivity contribution in [3.05, 3.63) is 65.2 Å². The van der Waals surface area contributed by atoms with E-state index < -0.39 is 16.9 Å². The second kappa shape index (κ2) is 5.72. The van der Waals surface area contributed by atoms with Gasteiger partial charge in [0.15, 0.2) is 5.60 Å². The molecule has 2 aliphatic rings. The summed E-state index contributed by atoms with van der Waals surface area (Å²) < 4.78 is 0. The number of nitriles is 1. The number of fused-ring (bicyclic) bond motifs is 1. The van der Waals surface area contributed by atoms with E-state index in [-0.39, 0.29) is 0 Å². The van der Waals surface area contributed by atoms with E-state index in [1.807, 2.05) is 36.4 Å². The maximum absolute atomic E-state index is 12.7. The lowest BCUT2D eigenvalue weighted by Crippen LogP contribution is -2.36. The first-order valence-electron chi connectivity index (χ1n) is 8.72. The molecule has 1 amide bonds. The summed E-state index contributed by atoms with van der Waals surface area (Å²) in [6.45, 7) is 0. The molecule has 1 aliphatic carbocycles. The van der Waals surface area contributed by atoms with Gasteiger partial charge >= 0.3 is 0 Å². The molecular formula is C21H20N2O2. The van der Waals surface area contributed by atoms with E-state index >= 15 is 0 Å². The molecule has 126 valence electrons. The fourth-order valence-electron chi connectivity index (χ4n) is 4.30. The molecule has 1 heterocycles. The molecule has 0 radical (unpaired) electrons. The van der Waals surface area contributed by atoms with Gasteiger partial charge in [0.25, 0.3) is 5.91 Å². The number of carbonyl (C=O) groups is 1. The maximum Gasteiger partial charge on any atom is 0.265 e. The van der Waals surface area contributed by atoms with E-state index in [1.54, 1.807) is 12.1 Å². The number of rotatable bonds is 3. The normalized spacial score (nSPS) is 23.8. The van der Waals surface area contributed by atoms with Gasteiger partial charge in [-0.05, 0) is 36.5 Å². The van der Waals surface area contributed by atoms with Gasteiger partial charge in [0, 0.05) is 11.3 Å². The first-order valence-corrected chi connectivity index (χ1v) is 8.72. The van der Waals surface area contributed by atoms with E-state index in [0.29, 0.717) is 23.2 Å². The Labute approximate surface area is 147 Å². The molecule has 4 nitrogen and oxygen atoms in total. The van der Waals surface area contributed by atoms with Gasteiger partial charge in [-0.15, -0.1) is 0 Å². The van der Waals surface area contributed by atoms with Crippen molar-refractivity contribution >= 4 is 11.6 Å². The first-order chi connectivity index (χ1) is 12.1. The van der Waals surface area contributed by atoms with Gasteiger partial charge in [-0.25, -0.2) is 0 Å². The van der Waals surface area contributed by atoms with E-state index in [0.717, 1.165) is 31.2 Å². The molecule has 1 aliphatic heterocycles. The topological polar surface area (TPSA) is 73.1 Å². The fraction of sp³-hybridized carbons (Fsp3) is 0.333. The average Bonchev–Trinajstić information content (AvgIpc) is 3.21. The molecule has 2 aromatic rings. The molecule has 0 spiro atoms. The van der Waals surface area contributed by atoms with Crippen LogP contribution >= 0.6 is 0 Å². The minimum Gasteiger partial charge on any atom is -0.372 e. The van der Waals surface area contributed by atoms with Crippen LogP contribution in [0, 0.1) is 16.7 Å². The Bertz CT molecular complexity index is 863. The number of nitrogens with one attached hydrogen (secondary N) is 1. The van der Waals surface area contributed by atoms with Crippen LogP contribution in [0.3, 0.4) is 0 Å². The number of amides is 1. The lowest BCUT2D eigenvalue weighted by atomic mass is 9.76. The third-order valence-corrected chi connectivity index (χ3v) is 5.61. The highest BCUT2D eigenvalue weighted by atomic mass is 16.3. The summed E-state index contributed by atoms with van der Waals surface area (Å²) in [6.07, 6.45) is 4.43. The highest BCUT2D eigenvalue weighted by Crippen LogP contribution is 2.47. The number of hydrogen-bond acceptors (Lipinski definition) is 3. The third kappa shape index (κ3) is 2.35. The van der Waals surface area contributed by atoms with Gasteiger partial charge in [0.2, 0.25) is 0 Å². The van der Waals surface area contributed by atoms with E-state index in [4.69, 9.17) is 0 Å². The summed E-state index contributed by atoms with van der Waals surface area (Å²) in [5.41, 5.74) is 0.579. The van der Waals surface area contributed by atoms with Gasteiger partial charge in [0.05, 0.1) is 11.5 Å². The molecule has 1 fully saturated rings. The Morgan fingerprint density at radius 2 is 1.80 bits per heavy atom. The molecule has 0 aromatic heterocycles. The van der Waals surface area contributed by atoms with Crippen molar-refractivity contribution in [3.63, 3.8) is 0 Å². The van der Waals surface area contributed by atoms with Crippen LogP contribution in [0.2, 0.25) is 0 Å². The van der Waals surface area contributed by atoms with E-state index in [9.17, 15) is 15.2 Å². The Hall–Kier alpha value is -2.64. The predicted octanol–water partition coefficient (Wildman–Crippen LogP) is 3.50. The Kier molecular flexibility index (Phi) is 3.63. The number of carbonyl (C=O) groups excluding carboxylic acids is 1. The standard InChI is InChI=1S/C21H20N2O2/c22-14-20(11-4-5-12-20)13-15-7-6-10-17-18(15)21(25,19(24)23-17)16-8-2-1-3-9-16/h1-3,6-10,25H,4-5,11-13H2,(H,23,24). The third-order valence-electron chi connectivity index (χ3n) is 5.61. The molecule has 4 heteroatoms. The van der Waals surface area contributed by atoms with Gasteiger partial charge in [0.1, 0.15) is 0 Å². The lowest BCUT2D eigenvalue weighted by molar-refractivity contribution is -0.129. The molecule has 0 bridgehead atoms. The molecule has 1 saturated carbocycles. The quantitative estimate of drug-likeness (QED) is 0.903. The van der Waals surface area contributed by atoms with Crippen LogP contribution in [-0.2, 0) is 16.8 Å². The second-order valence-electron chi connectivity index (χ2n) is 7.15. The van der Waals surface area contributed by atoms with Crippen LogP contribution < -0.4 is 5.32 Å². The number of aliphatic hydroxyl groups is 1. The Morgan fingerprint density at radius 3 is 2.48 bits per heavy atom. The smallest absolute Gasteiger partial charge is 0.265 e. The van der Waals surface area contributed by atoms with Crippen LogP contribution in [0.4, 0.5) is 5.69 Å². The van der Waals surface area contributed by atoms with Crippen LogP contribution in [-0.4, -0.2) is 11.0 Å². The van der Waals surface area contributed by atoms with Crippen molar-refractivity contribution in [2.75, 3.05) is 5.32 Å². The molecule has 1 unspecified atom stereocenters. The van der Waals surface area contributed by atoms with Crippen LogP contribution in [0.15, 0.2) is 48.5 Å². The molecule has 2 N–H and O–H groups in total. The SMILES string of the molecule is N#CC1(Cc2cccc3c2C(O)(c2ccccc2)C(=O)N3)CCCC1. The summed E-state index contributed by atoms with van der Waals surface area (Å²) in [6, 6.07) is 17.2. The largest absolute Gasteiger partial charge is 0.372 e. The zero-order chi connectivity index (χ0) is 17.5. The van der Waals surface area contributed by atoms with Crippen molar-refractivity contribution in [1.82, 2.24) is 0 Å². The number of hydrogen-bond donors (Lipinski definition) is 2. The van der Waals surface area contributed by atoms with Gasteiger partial charge in [-0.1, -0.05) is 55.3 Å². The highest BCUT2D eigenvalue weighted by molar-refractivity contribution is 6.07. The summed E-state index contributed by atoms with van der Waals surface area (Å²) in [5.74, 6) is -0.432. The number of nitrogens with zero attached hydrogens (tertiary/aromatic N) is 1. The van der Waals surface area contributed by atoms with Gasteiger partial charge in [-0.3, -0.25) is 4.79 Å². The Balaban J connectivity index is 1.85. The van der Waals surface area contributed by atoms with Crippen LogP contribution in [0.1, 0.15) is 42.4 Å². The maximum atomic E-state index is 12.7. The minimum absolute atomic E-state index is 0.391. The predicted molar refractivity (Wildman–Crippen MR) is 94.7 cm³/mol. The zero-order valence-electron chi connectivity index (χ0n) is 14.0. The summed E-state index contributed by atoms with van der Waals surface area (Å²) in [4.78, 5) is 12.7. The monoisotopic (exact) mass is 332 g/mol. The molecule has 25 heavy (non-hydrogen) atoms. The Morgan fingerprint density at radius 1 is 1.08 bits per heavy atom. The van der Waals surface area contributed by atoms with Crippen molar-refractivity contribution in [3.8, 4) is 6.07 Å². The van der Waals surface area contributed by atoms with Crippen LogP contribution in [0.5, 0.6) is 0 Å². The molecule has 0 saturated heterocycles. The summed E-state index contributed by atoms with van der Waals surface area (Å²) in [7, 11) is 0. The number of benzene rings is 2. The minimum atomic E-state index is -1.71. The zero-order valence-corrected chi connectivity index (χ0v) is 14.0. The van der Waals surface area contributed by atoms with Crippen molar-refractivity contribution in [2.24, 2.45) is 5.41 Å². The van der Waals surface area contributed by atoms with Crippen molar-refractivity contribution < 1.29 is 9.90 Å². The average molecular weight is 332 g/mol. The van der Waals surface area contributed by atoms with E-state index in [1.165, 1.54) is 0 Å². The van der Waals surface area contributed by atoms with E-state index in [2.05, 4.69) is 11.4 Å². The van der Waals surface area contributed by atoms with Crippen LogP contribution in [0.25, 0.3) is 0 Å². The van der Waals surface area contributed by atoms with Crippen molar-refractivity contribution in [2.45, 2.75) is 37.7 Å².